The molecule has 0 fully saturated rings. The van der Waals surface area contributed by atoms with Crippen LogP contribution < -0.4 is 0 Å². The molecule has 0 aliphatic rings. The average molecular weight is 311 g/mol. The van der Waals surface area contributed by atoms with E-state index in [1.54, 1.807) is 11.3 Å². The summed E-state index contributed by atoms with van der Waals surface area (Å²) >= 11 is 5.11. The fourth-order valence-electron chi connectivity index (χ4n) is 1.71. The number of halogens is 1. The number of aliphatic hydroxyl groups is 1. The van der Waals surface area contributed by atoms with Crippen molar-refractivity contribution >= 4 is 27.3 Å². The van der Waals surface area contributed by atoms with Gasteiger partial charge in [0.15, 0.2) is 0 Å². The Bertz CT molecular complexity index is 475. The highest BCUT2D eigenvalue weighted by Crippen LogP contribution is 2.26. The number of aliphatic hydroxyl groups excluding tert-OH is 1. The van der Waals surface area contributed by atoms with Gasteiger partial charge in [-0.05, 0) is 36.2 Å². The van der Waals surface area contributed by atoms with Crippen molar-refractivity contribution in [3.8, 4) is 0 Å². The van der Waals surface area contributed by atoms with Gasteiger partial charge in [0.05, 0.1) is 6.10 Å². The number of hydrogen-bond acceptors (Lipinski definition) is 2. The molecule has 0 amide bonds. The Balaban J connectivity index is 2.05. The second-order valence-corrected chi connectivity index (χ2v) is 6.12. The van der Waals surface area contributed by atoms with E-state index in [2.05, 4.69) is 28.9 Å². The second-order valence-electron chi connectivity index (χ2n) is 4.00. The maximum atomic E-state index is 10.2. The van der Waals surface area contributed by atoms with Crippen LogP contribution in [0.5, 0.6) is 0 Å². The molecular formula is C14H15BrOS. The Morgan fingerprint density at radius 1 is 1.18 bits per heavy atom. The van der Waals surface area contributed by atoms with Crippen LogP contribution in [0.15, 0.2) is 40.9 Å². The predicted molar refractivity (Wildman–Crippen MR) is 76.5 cm³/mol. The number of aryl methyl sites for hydroxylation is 1. The van der Waals surface area contributed by atoms with Gasteiger partial charge in [-0.2, -0.15) is 0 Å². The van der Waals surface area contributed by atoms with E-state index in [-0.39, 0.29) is 6.10 Å². The molecule has 0 saturated carbocycles. The minimum Gasteiger partial charge on any atom is -0.387 e. The SMILES string of the molecule is CCc1ccc(C(O)Cc2ccc(Br)cc2)s1. The smallest absolute Gasteiger partial charge is 0.0922 e. The van der Waals surface area contributed by atoms with Gasteiger partial charge < -0.3 is 5.11 Å². The van der Waals surface area contributed by atoms with Gasteiger partial charge in [0.25, 0.3) is 0 Å². The van der Waals surface area contributed by atoms with E-state index in [1.165, 1.54) is 4.88 Å². The van der Waals surface area contributed by atoms with E-state index in [4.69, 9.17) is 0 Å². The number of rotatable bonds is 4. The van der Waals surface area contributed by atoms with Gasteiger partial charge in [0.2, 0.25) is 0 Å². The van der Waals surface area contributed by atoms with Gasteiger partial charge in [-0.3, -0.25) is 0 Å². The summed E-state index contributed by atoms with van der Waals surface area (Å²) in [6.45, 7) is 2.14. The lowest BCUT2D eigenvalue weighted by Gasteiger charge is -2.08. The van der Waals surface area contributed by atoms with Crippen molar-refractivity contribution < 1.29 is 5.11 Å². The lowest BCUT2D eigenvalue weighted by atomic mass is 10.1. The fraction of sp³-hybridized carbons (Fsp3) is 0.286. The van der Waals surface area contributed by atoms with Gasteiger partial charge in [-0.15, -0.1) is 11.3 Å². The minimum absolute atomic E-state index is 0.388. The minimum atomic E-state index is -0.388. The zero-order valence-electron chi connectivity index (χ0n) is 9.69. The Hall–Kier alpha value is -0.640. The molecule has 0 aliphatic heterocycles. The molecule has 90 valence electrons. The van der Waals surface area contributed by atoms with Crippen molar-refractivity contribution in [2.75, 3.05) is 0 Å². The highest BCUT2D eigenvalue weighted by molar-refractivity contribution is 9.10. The standard InChI is InChI=1S/C14H15BrOS/c1-2-12-7-8-14(17-12)13(16)9-10-3-5-11(15)6-4-10/h3-8,13,16H,2,9H2,1H3. The molecule has 1 aromatic heterocycles. The number of thiophene rings is 1. The van der Waals surface area contributed by atoms with E-state index < -0.39 is 0 Å². The molecule has 1 aromatic carbocycles. The van der Waals surface area contributed by atoms with Gasteiger partial charge in [-0.1, -0.05) is 35.0 Å². The summed E-state index contributed by atoms with van der Waals surface area (Å²) in [4.78, 5) is 2.39. The lowest BCUT2D eigenvalue weighted by Crippen LogP contribution is -1.99. The first-order chi connectivity index (χ1) is 8.19. The molecule has 2 rings (SSSR count). The molecule has 1 unspecified atom stereocenters. The summed E-state index contributed by atoms with van der Waals surface area (Å²) in [5.74, 6) is 0. The van der Waals surface area contributed by atoms with Crippen LogP contribution in [0.4, 0.5) is 0 Å². The predicted octanol–water partition coefficient (Wildman–Crippen LogP) is 4.35. The maximum absolute atomic E-state index is 10.2. The second kappa shape index (κ2) is 5.80. The van der Waals surface area contributed by atoms with Gasteiger partial charge in [0, 0.05) is 20.6 Å². The summed E-state index contributed by atoms with van der Waals surface area (Å²) in [7, 11) is 0. The lowest BCUT2D eigenvalue weighted by molar-refractivity contribution is 0.182. The summed E-state index contributed by atoms with van der Waals surface area (Å²) in [6, 6.07) is 12.2. The monoisotopic (exact) mass is 310 g/mol. The van der Waals surface area contributed by atoms with Crippen molar-refractivity contribution in [2.24, 2.45) is 0 Å². The third kappa shape index (κ3) is 3.41. The maximum Gasteiger partial charge on any atom is 0.0922 e. The highest BCUT2D eigenvalue weighted by Gasteiger charge is 2.10. The number of benzene rings is 1. The molecule has 0 spiro atoms. The topological polar surface area (TPSA) is 20.2 Å². The molecule has 0 bridgehead atoms. The Morgan fingerprint density at radius 3 is 2.47 bits per heavy atom. The first kappa shape index (κ1) is 12.8. The summed E-state index contributed by atoms with van der Waals surface area (Å²) in [5.41, 5.74) is 1.16. The Labute approximate surface area is 114 Å². The third-order valence-corrected chi connectivity index (χ3v) is 4.56. The quantitative estimate of drug-likeness (QED) is 0.890. The van der Waals surface area contributed by atoms with E-state index in [1.807, 2.05) is 30.3 Å². The third-order valence-electron chi connectivity index (χ3n) is 2.70. The molecule has 17 heavy (non-hydrogen) atoms. The first-order valence-electron chi connectivity index (χ1n) is 5.70. The van der Waals surface area contributed by atoms with Crippen molar-refractivity contribution in [1.82, 2.24) is 0 Å². The summed E-state index contributed by atoms with van der Waals surface area (Å²) in [6.07, 6.45) is 1.33. The molecule has 1 heterocycles. The van der Waals surface area contributed by atoms with Crippen LogP contribution >= 0.6 is 27.3 Å². The molecule has 2 aromatic rings. The van der Waals surface area contributed by atoms with Crippen molar-refractivity contribution in [1.29, 1.82) is 0 Å². The first-order valence-corrected chi connectivity index (χ1v) is 7.31. The molecule has 1 nitrogen and oxygen atoms in total. The van der Waals surface area contributed by atoms with Crippen LogP contribution in [0, 0.1) is 0 Å². The summed E-state index contributed by atoms with van der Waals surface area (Å²) in [5, 5.41) is 10.2. The van der Waals surface area contributed by atoms with Crippen LogP contribution in [0.25, 0.3) is 0 Å². The molecular weight excluding hydrogens is 296 g/mol. The highest BCUT2D eigenvalue weighted by atomic mass is 79.9. The molecule has 0 saturated heterocycles. The Morgan fingerprint density at radius 2 is 1.88 bits per heavy atom. The van der Waals surface area contributed by atoms with Crippen LogP contribution in [-0.4, -0.2) is 5.11 Å². The van der Waals surface area contributed by atoms with Crippen LogP contribution in [0.3, 0.4) is 0 Å². The zero-order valence-corrected chi connectivity index (χ0v) is 12.1. The fourth-order valence-corrected chi connectivity index (χ4v) is 2.91. The molecule has 1 N–H and O–H groups in total. The van der Waals surface area contributed by atoms with E-state index in [9.17, 15) is 5.11 Å². The van der Waals surface area contributed by atoms with E-state index in [0.717, 1.165) is 21.3 Å². The van der Waals surface area contributed by atoms with Gasteiger partial charge in [0.1, 0.15) is 0 Å². The van der Waals surface area contributed by atoms with Gasteiger partial charge >= 0.3 is 0 Å². The summed E-state index contributed by atoms with van der Waals surface area (Å²) < 4.78 is 1.07. The van der Waals surface area contributed by atoms with Gasteiger partial charge in [-0.25, -0.2) is 0 Å². The Kier molecular flexibility index (Phi) is 4.37. The van der Waals surface area contributed by atoms with Crippen LogP contribution in [0.2, 0.25) is 0 Å². The molecule has 1 atom stereocenters. The van der Waals surface area contributed by atoms with Crippen LogP contribution in [0.1, 0.15) is 28.3 Å². The van der Waals surface area contributed by atoms with E-state index in [0.29, 0.717) is 6.42 Å². The van der Waals surface area contributed by atoms with Crippen molar-refractivity contribution in [3.63, 3.8) is 0 Å². The zero-order chi connectivity index (χ0) is 12.3. The van der Waals surface area contributed by atoms with E-state index >= 15 is 0 Å². The largest absolute Gasteiger partial charge is 0.387 e. The molecule has 3 heteroatoms. The number of hydrogen-bond donors (Lipinski definition) is 1. The average Bonchev–Trinajstić information content (AvgIpc) is 2.81. The van der Waals surface area contributed by atoms with Crippen molar-refractivity contribution in [2.45, 2.75) is 25.9 Å². The normalized spacial score (nSPS) is 12.6. The molecule has 0 aliphatic carbocycles. The van der Waals surface area contributed by atoms with Crippen LogP contribution in [-0.2, 0) is 12.8 Å². The van der Waals surface area contributed by atoms with Crippen molar-refractivity contribution in [3.05, 3.63) is 56.2 Å². The molecule has 0 radical (unpaired) electrons.